The van der Waals surface area contributed by atoms with Gasteiger partial charge in [-0.05, 0) is 50.1 Å². The summed E-state index contributed by atoms with van der Waals surface area (Å²) < 4.78 is 16.7. The van der Waals surface area contributed by atoms with Crippen LogP contribution in [0.5, 0.6) is 0 Å². The lowest BCUT2D eigenvalue weighted by atomic mass is 9.93. The number of nitrogens with zero attached hydrogens (tertiary/aromatic N) is 6. The topological polar surface area (TPSA) is 50.1 Å². The molecular weight excluding hydrogens is 367 g/mol. The normalized spacial score (nSPS) is 21.4. The van der Waals surface area contributed by atoms with Gasteiger partial charge >= 0.3 is 0 Å². The van der Waals surface area contributed by atoms with Crippen molar-refractivity contribution in [2.24, 2.45) is 0 Å². The number of rotatable bonds is 4. The van der Waals surface area contributed by atoms with Crippen LogP contribution in [0.2, 0.25) is 0 Å². The largest absolute Gasteiger partial charge is 0.298 e. The van der Waals surface area contributed by atoms with E-state index in [1.165, 1.54) is 38.2 Å². The van der Waals surface area contributed by atoms with Gasteiger partial charge in [0.25, 0.3) is 0 Å². The molecule has 2 aliphatic rings. The zero-order valence-corrected chi connectivity index (χ0v) is 17.9. The van der Waals surface area contributed by atoms with Crippen LogP contribution >= 0.6 is 0 Å². The molecule has 0 N–H and O–H groups in total. The highest BCUT2D eigenvalue weighted by Gasteiger charge is 2.35. The third-order valence-electron chi connectivity index (χ3n) is 6.38. The minimum atomic E-state index is -0.279. The van der Waals surface area contributed by atoms with Gasteiger partial charge in [0.15, 0.2) is 5.82 Å². The lowest BCUT2D eigenvalue weighted by molar-refractivity contribution is 0.0601. The number of benzene rings is 1. The molecule has 1 aromatic heterocycles. The zero-order valence-electron chi connectivity index (χ0n) is 17.9. The summed E-state index contributed by atoms with van der Waals surface area (Å²) in [5, 5.41) is 12.6. The smallest absolute Gasteiger partial charge is 0.173 e. The summed E-state index contributed by atoms with van der Waals surface area (Å²) in [7, 11) is 0. The summed E-state index contributed by atoms with van der Waals surface area (Å²) in [5.41, 5.74) is 0.380. The molecule has 0 spiro atoms. The molecule has 2 aromatic rings. The molecule has 158 valence electrons. The average molecular weight is 401 g/mol. The monoisotopic (exact) mass is 400 g/mol. The molecule has 0 radical (unpaired) electrons. The van der Waals surface area contributed by atoms with Crippen molar-refractivity contribution < 1.29 is 4.39 Å². The molecule has 7 heteroatoms. The van der Waals surface area contributed by atoms with Crippen molar-refractivity contribution in [1.82, 2.24) is 30.0 Å². The molecular formula is C22H33FN6. The Bertz CT molecular complexity index is 800. The van der Waals surface area contributed by atoms with Crippen LogP contribution in [-0.4, -0.2) is 62.2 Å². The van der Waals surface area contributed by atoms with Gasteiger partial charge in [0.1, 0.15) is 11.9 Å². The maximum atomic E-state index is 14.9. The first-order chi connectivity index (χ1) is 13.9. The van der Waals surface area contributed by atoms with Crippen LogP contribution in [0.4, 0.5) is 4.39 Å². The fourth-order valence-corrected chi connectivity index (χ4v) is 4.85. The molecule has 0 amide bonds. The second kappa shape index (κ2) is 8.48. The molecule has 1 saturated carbocycles. The predicted molar refractivity (Wildman–Crippen MR) is 111 cm³/mol. The Morgan fingerprint density at radius 1 is 1.00 bits per heavy atom. The SMILES string of the molecule is CC(C)(C)n1nnnc1[C@@H](c1ccccc1F)N1CCN(C2CCCCC2)CC1. The summed E-state index contributed by atoms with van der Waals surface area (Å²) in [5.74, 6) is 0.518. The standard InChI is InChI=1S/C22H33FN6/c1-22(2,3)29-21(24-25-26-29)20(18-11-7-8-12-19(18)23)28-15-13-27(14-16-28)17-9-5-4-6-10-17/h7-8,11-12,17,20H,4-6,9-10,13-16H2,1-3H3/t20-/m1/s1. The van der Waals surface area contributed by atoms with Crippen molar-refractivity contribution in [1.29, 1.82) is 0 Å². The zero-order chi connectivity index (χ0) is 20.4. The molecule has 29 heavy (non-hydrogen) atoms. The summed E-state index contributed by atoms with van der Waals surface area (Å²) in [4.78, 5) is 4.99. The molecule has 1 aliphatic carbocycles. The van der Waals surface area contributed by atoms with Crippen LogP contribution in [-0.2, 0) is 5.54 Å². The minimum Gasteiger partial charge on any atom is -0.298 e. The molecule has 6 nitrogen and oxygen atoms in total. The van der Waals surface area contributed by atoms with Gasteiger partial charge in [-0.3, -0.25) is 9.80 Å². The van der Waals surface area contributed by atoms with Crippen molar-refractivity contribution in [3.05, 3.63) is 41.5 Å². The average Bonchev–Trinajstić information content (AvgIpc) is 3.21. The van der Waals surface area contributed by atoms with E-state index < -0.39 is 0 Å². The van der Waals surface area contributed by atoms with Crippen LogP contribution in [0.3, 0.4) is 0 Å². The Balaban J connectivity index is 1.61. The highest BCUT2D eigenvalue weighted by molar-refractivity contribution is 5.27. The number of hydrogen-bond acceptors (Lipinski definition) is 5. The maximum Gasteiger partial charge on any atom is 0.173 e. The van der Waals surface area contributed by atoms with E-state index >= 15 is 0 Å². The second-order valence-electron chi connectivity index (χ2n) is 9.41. The van der Waals surface area contributed by atoms with E-state index in [1.807, 2.05) is 16.8 Å². The molecule has 1 atom stereocenters. The molecule has 1 saturated heterocycles. The van der Waals surface area contributed by atoms with Crippen molar-refractivity contribution in [2.45, 2.75) is 70.5 Å². The summed E-state index contributed by atoms with van der Waals surface area (Å²) >= 11 is 0. The van der Waals surface area contributed by atoms with E-state index in [9.17, 15) is 4.39 Å². The van der Waals surface area contributed by atoms with Crippen LogP contribution in [0, 0.1) is 5.82 Å². The number of aromatic nitrogens is 4. The van der Waals surface area contributed by atoms with Crippen molar-refractivity contribution in [3.63, 3.8) is 0 Å². The summed E-state index contributed by atoms with van der Waals surface area (Å²) in [6, 6.07) is 7.48. The molecule has 1 aliphatic heterocycles. The Kier molecular flexibility index (Phi) is 5.97. The molecule has 1 aromatic carbocycles. The van der Waals surface area contributed by atoms with E-state index in [0.717, 1.165) is 32.2 Å². The summed E-state index contributed by atoms with van der Waals surface area (Å²) in [6.07, 6.45) is 6.71. The number of tetrazole rings is 1. The lowest BCUT2D eigenvalue weighted by Gasteiger charge is -2.43. The lowest BCUT2D eigenvalue weighted by Crippen LogP contribution is -2.52. The molecule has 2 heterocycles. The molecule has 2 fully saturated rings. The predicted octanol–water partition coefficient (Wildman–Crippen LogP) is 3.61. The van der Waals surface area contributed by atoms with E-state index in [1.54, 1.807) is 6.07 Å². The van der Waals surface area contributed by atoms with E-state index in [2.05, 4.69) is 46.1 Å². The number of hydrogen-bond donors (Lipinski definition) is 0. The summed E-state index contributed by atoms with van der Waals surface area (Å²) in [6.45, 7) is 10.1. The Morgan fingerprint density at radius 3 is 2.34 bits per heavy atom. The first kappa shape index (κ1) is 20.4. The highest BCUT2D eigenvalue weighted by atomic mass is 19.1. The van der Waals surface area contributed by atoms with Crippen molar-refractivity contribution in [2.75, 3.05) is 26.2 Å². The van der Waals surface area contributed by atoms with Gasteiger partial charge in [-0.15, -0.1) is 5.10 Å². The van der Waals surface area contributed by atoms with Crippen molar-refractivity contribution >= 4 is 0 Å². The highest BCUT2D eigenvalue weighted by Crippen LogP contribution is 2.33. The van der Waals surface area contributed by atoms with Gasteiger partial charge < -0.3 is 0 Å². The van der Waals surface area contributed by atoms with Gasteiger partial charge in [0.2, 0.25) is 0 Å². The fraction of sp³-hybridized carbons (Fsp3) is 0.682. The second-order valence-corrected chi connectivity index (χ2v) is 9.41. The van der Waals surface area contributed by atoms with Gasteiger partial charge in [0, 0.05) is 37.8 Å². The first-order valence-electron chi connectivity index (χ1n) is 11.0. The van der Waals surface area contributed by atoms with Gasteiger partial charge in [-0.2, -0.15) is 0 Å². The van der Waals surface area contributed by atoms with Crippen LogP contribution < -0.4 is 0 Å². The fourth-order valence-electron chi connectivity index (χ4n) is 4.85. The Hall–Kier alpha value is -1.86. The number of halogens is 1. The Morgan fingerprint density at radius 2 is 1.69 bits per heavy atom. The Labute approximate surface area is 173 Å². The van der Waals surface area contributed by atoms with Crippen LogP contribution in [0.25, 0.3) is 0 Å². The molecule has 4 rings (SSSR count). The number of piperazine rings is 1. The quantitative estimate of drug-likeness (QED) is 0.785. The van der Waals surface area contributed by atoms with Crippen molar-refractivity contribution in [3.8, 4) is 0 Å². The first-order valence-corrected chi connectivity index (χ1v) is 11.0. The third kappa shape index (κ3) is 4.36. The third-order valence-corrected chi connectivity index (χ3v) is 6.38. The van der Waals surface area contributed by atoms with Crippen LogP contribution in [0.15, 0.2) is 24.3 Å². The molecule has 0 bridgehead atoms. The van der Waals surface area contributed by atoms with Gasteiger partial charge in [-0.25, -0.2) is 9.07 Å². The van der Waals surface area contributed by atoms with E-state index in [0.29, 0.717) is 11.4 Å². The van der Waals surface area contributed by atoms with E-state index in [-0.39, 0.29) is 17.4 Å². The van der Waals surface area contributed by atoms with Gasteiger partial charge in [-0.1, -0.05) is 37.5 Å². The van der Waals surface area contributed by atoms with E-state index in [4.69, 9.17) is 0 Å². The molecule has 0 unspecified atom stereocenters. The minimum absolute atomic E-state index is 0.198. The maximum absolute atomic E-state index is 14.9. The van der Waals surface area contributed by atoms with Crippen LogP contribution in [0.1, 0.15) is 70.3 Å². The van der Waals surface area contributed by atoms with Gasteiger partial charge in [0.05, 0.1) is 5.54 Å².